The predicted octanol–water partition coefficient (Wildman–Crippen LogP) is -1.47. The van der Waals surface area contributed by atoms with Crippen molar-refractivity contribution < 1.29 is 25.4 Å². The van der Waals surface area contributed by atoms with E-state index in [-0.39, 0.29) is 20.3 Å². The summed E-state index contributed by atoms with van der Waals surface area (Å²) < 4.78 is 0. The van der Waals surface area contributed by atoms with Gasteiger partial charge in [-0.3, -0.25) is 0 Å². The molecule has 0 aliphatic rings. The van der Waals surface area contributed by atoms with Gasteiger partial charge in [0.15, 0.2) is 0 Å². The van der Waals surface area contributed by atoms with Gasteiger partial charge < -0.3 is 6.53 Å². The Morgan fingerprint density at radius 1 is 1.62 bits per heavy atom. The van der Waals surface area contributed by atoms with Gasteiger partial charge in [-0.25, -0.2) is 0 Å². The molecule has 0 aromatic carbocycles. The van der Waals surface area contributed by atoms with Crippen molar-refractivity contribution in [3.05, 3.63) is 0 Å². The number of hydrogen-bond acceptors (Lipinski definition) is 1. The summed E-state index contributed by atoms with van der Waals surface area (Å²) in [6.45, 7) is 4.53. The van der Waals surface area contributed by atoms with Crippen molar-refractivity contribution in [1.82, 2.24) is 0 Å². The molecule has 0 saturated heterocycles. The summed E-state index contributed by atoms with van der Waals surface area (Å²) >= 11 is 0. The maximum absolute atomic E-state index is 8.47. The van der Waals surface area contributed by atoms with E-state index in [0.717, 1.165) is 6.42 Å². The van der Waals surface area contributed by atoms with E-state index in [9.17, 15) is 0 Å². The van der Waals surface area contributed by atoms with Crippen LogP contribution in [0.4, 0.5) is 0 Å². The summed E-state index contributed by atoms with van der Waals surface area (Å²) in [6.07, 6.45) is 2.33. The minimum Gasteiger partial charge on any atom is -1.00 e. The van der Waals surface area contributed by atoms with Crippen molar-refractivity contribution in [3.63, 3.8) is 0 Å². The SMILES string of the molecule is CCCC(C)CO.[H-].[Li+]. The van der Waals surface area contributed by atoms with Crippen LogP contribution in [0, 0.1) is 5.92 Å². The van der Waals surface area contributed by atoms with Crippen molar-refractivity contribution in [3.8, 4) is 0 Å². The van der Waals surface area contributed by atoms with Gasteiger partial charge in [0.25, 0.3) is 0 Å². The molecule has 0 spiro atoms. The summed E-state index contributed by atoms with van der Waals surface area (Å²) in [5.74, 6) is 0.505. The molecule has 0 radical (unpaired) electrons. The first-order valence-electron chi connectivity index (χ1n) is 2.92. The smallest absolute Gasteiger partial charge is 1.00 e. The van der Waals surface area contributed by atoms with Crippen LogP contribution < -0.4 is 18.9 Å². The second kappa shape index (κ2) is 7.56. The van der Waals surface area contributed by atoms with Crippen LogP contribution in [0.3, 0.4) is 0 Å². The first kappa shape index (κ1) is 11.4. The van der Waals surface area contributed by atoms with Crippen molar-refractivity contribution in [1.29, 1.82) is 0 Å². The van der Waals surface area contributed by atoms with E-state index < -0.39 is 0 Å². The third kappa shape index (κ3) is 6.56. The second-order valence-electron chi connectivity index (χ2n) is 2.08. The molecular weight excluding hydrogens is 95.0 g/mol. The van der Waals surface area contributed by atoms with Crippen LogP contribution >= 0.6 is 0 Å². The zero-order valence-electron chi connectivity index (χ0n) is 7.15. The molecule has 46 valence electrons. The topological polar surface area (TPSA) is 20.2 Å². The standard InChI is InChI=1S/C6H14O.Li.H/c1-3-4-6(2)5-7;;/h6-7H,3-5H2,1-2H3;;/q;+1;-1. The Labute approximate surface area is 65.1 Å². The molecular formula is C6H15LiO. The Kier molecular flexibility index (Phi) is 10.7. The number of aliphatic hydroxyl groups excluding tert-OH is 1. The average molecular weight is 110 g/mol. The monoisotopic (exact) mass is 110 g/mol. The molecule has 0 heterocycles. The van der Waals surface area contributed by atoms with E-state index in [4.69, 9.17) is 5.11 Å². The normalized spacial score (nSPS) is 12.4. The predicted molar refractivity (Wildman–Crippen MR) is 32.3 cm³/mol. The van der Waals surface area contributed by atoms with Crippen molar-refractivity contribution >= 4 is 0 Å². The molecule has 0 aromatic rings. The van der Waals surface area contributed by atoms with Crippen LogP contribution in [0.2, 0.25) is 0 Å². The fourth-order valence-corrected chi connectivity index (χ4v) is 0.584. The van der Waals surface area contributed by atoms with E-state index in [1.54, 1.807) is 0 Å². The largest absolute Gasteiger partial charge is 1.00 e. The van der Waals surface area contributed by atoms with Crippen LogP contribution in [-0.4, -0.2) is 11.7 Å². The van der Waals surface area contributed by atoms with Crippen molar-refractivity contribution in [2.75, 3.05) is 6.61 Å². The molecule has 0 aromatic heterocycles. The van der Waals surface area contributed by atoms with Gasteiger partial charge in [0.2, 0.25) is 0 Å². The minimum atomic E-state index is 0. The molecule has 1 N–H and O–H groups in total. The Balaban J connectivity index is -0.000000180. The van der Waals surface area contributed by atoms with Crippen molar-refractivity contribution in [2.45, 2.75) is 26.7 Å². The Bertz CT molecular complexity index is 44.0. The molecule has 0 amide bonds. The van der Waals surface area contributed by atoms with Crippen LogP contribution in [0.15, 0.2) is 0 Å². The van der Waals surface area contributed by atoms with Crippen molar-refractivity contribution in [2.24, 2.45) is 5.92 Å². The van der Waals surface area contributed by atoms with Crippen LogP contribution in [0.5, 0.6) is 0 Å². The molecule has 2 heteroatoms. The molecule has 0 rings (SSSR count). The molecule has 1 atom stereocenters. The molecule has 0 aliphatic carbocycles. The van der Waals surface area contributed by atoms with Gasteiger partial charge in [-0.1, -0.05) is 20.3 Å². The Morgan fingerprint density at radius 2 is 2.12 bits per heavy atom. The summed E-state index contributed by atoms with van der Waals surface area (Å²) in [6, 6.07) is 0. The third-order valence-electron chi connectivity index (χ3n) is 1.09. The van der Waals surface area contributed by atoms with E-state index in [1.807, 2.05) is 0 Å². The molecule has 8 heavy (non-hydrogen) atoms. The summed E-state index contributed by atoms with van der Waals surface area (Å²) in [4.78, 5) is 0. The maximum Gasteiger partial charge on any atom is 1.00 e. The molecule has 0 fully saturated rings. The average Bonchev–Trinajstić information content (AvgIpc) is 1.68. The molecule has 0 aliphatic heterocycles. The zero-order valence-corrected chi connectivity index (χ0v) is 6.15. The fraction of sp³-hybridized carbons (Fsp3) is 1.00. The summed E-state index contributed by atoms with van der Waals surface area (Å²) in [7, 11) is 0. The van der Waals surface area contributed by atoms with Crippen LogP contribution in [0.1, 0.15) is 28.1 Å². The van der Waals surface area contributed by atoms with Gasteiger partial charge in [0.1, 0.15) is 0 Å². The quantitative estimate of drug-likeness (QED) is 0.440. The third-order valence-corrected chi connectivity index (χ3v) is 1.09. The first-order valence-corrected chi connectivity index (χ1v) is 2.92. The molecule has 0 bridgehead atoms. The van der Waals surface area contributed by atoms with E-state index in [0.29, 0.717) is 12.5 Å². The van der Waals surface area contributed by atoms with Gasteiger partial charge in [0, 0.05) is 6.61 Å². The molecule has 0 saturated carbocycles. The number of aliphatic hydroxyl groups is 1. The van der Waals surface area contributed by atoms with Gasteiger partial charge in [-0.05, 0) is 12.3 Å². The zero-order chi connectivity index (χ0) is 5.70. The maximum atomic E-state index is 8.47. The van der Waals surface area contributed by atoms with E-state index >= 15 is 0 Å². The van der Waals surface area contributed by atoms with Gasteiger partial charge in [-0.2, -0.15) is 0 Å². The van der Waals surface area contributed by atoms with Crippen LogP contribution in [-0.2, 0) is 0 Å². The number of rotatable bonds is 3. The number of hydrogen-bond donors (Lipinski definition) is 1. The van der Waals surface area contributed by atoms with E-state index in [2.05, 4.69) is 13.8 Å². The second-order valence-corrected chi connectivity index (χ2v) is 2.08. The Morgan fingerprint density at radius 3 is 2.25 bits per heavy atom. The Hall–Kier alpha value is 0.557. The van der Waals surface area contributed by atoms with Gasteiger partial charge in [0.05, 0.1) is 0 Å². The van der Waals surface area contributed by atoms with Crippen LogP contribution in [0.25, 0.3) is 0 Å². The minimum absolute atomic E-state index is 0. The fourth-order valence-electron chi connectivity index (χ4n) is 0.584. The summed E-state index contributed by atoms with van der Waals surface area (Å²) in [5.41, 5.74) is 0. The molecule has 1 unspecified atom stereocenters. The van der Waals surface area contributed by atoms with Gasteiger partial charge >= 0.3 is 18.9 Å². The van der Waals surface area contributed by atoms with E-state index in [1.165, 1.54) is 6.42 Å². The van der Waals surface area contributed by atoms with Gasteiger partial charge in [-0.15, -0.1) is 0 Å². The summed E-state index contributed by atoms with van der Waals surface area (Å²) in [5, 5.41) is 8.47. The first-order chi connectivity index (χ1) is 3.31. The molecule has 1 nitrogen and oxygen atoms in total.